The van der Waals surface area contributed by atoms with Crippen molar-refractivity contribution in [3.05, 3.63) is 92.3 Å². The normalized spacial score (nSPS) is 18.6. The second kappa shape index (κ2) is 9.22. The van der Waals surface area contributed by atoms with Crippen LogP contribution < -0.4 is 0 Å². The van der Waals surface area contributed by atoms with E-state index in [-0.39, 0.29) is 40.7 Å². The van der Waals surface area contributed by atoms with Gasteiger partial charge in [-0.25, -0.2) is 24.0 Å². The number of ether oxygens (including phenoxy) is 4. The van der Waals surface area contributed by atoms with Crippen LogP contribution in [0.1, 0.15) is 84.5 Å². The molecule has 2 aliphatic heterocycles. The Bertz CT molecular complexity index is 1560. The second-order valence-electron chi connectivity index (χ2n) is 9.15. The van der Waals surface area contributed by atoms with Gasteiger partial charge in [0.15, 0.2) is 0 Å². The molecule has 0 bridgehead atoms. The van der Waals surface area contributed by atoms with Crippen LogP contribution in [-0.2, 0) is 30.2 Å². The molecule has 192 valence electrons. The van der Waals surface area contributed by atoms with Crippen molar-refractivity contribution in [3.63, 3.8) is 0 Å². The molecule has 5 rings (SSSR count). The van der Waals surface area contributed by atoms with Gasteiger partial charge in [0, 0.05) is 6.42 Å². The number of carbonyl (C=O) groups is 6. The van der Waals surface area contributed by atoms with Crippen LogP contribution in [-0.4, -0.2) is 41.9 Å². The van der Waals surface area contributed by atoms with Crippen LogP contribution in [0.2, 0.25) is 0 Å². The summed E-state index contributed by atoms with van der Waals surface area (Å²) >= 11 is 0. The Morgan fingerprint density at radius 3 is 2.16 bits per heavy atom. The van der Waals surface area contributed by atoms with Gasteiger partial charge in [0.05, 0.1) is 34.2 Å². The average Bonchev–Trinajstić information content (AvgIpc) is 3.16. The van der Waals surface area contributed by atoms with E-state index in [4.69, 9.17) is 9.47 Å². The van der Waals surface area contributed by atoms with Crippen LogP contribution in [0.4, 0.5) is 0 Å². The van der Waals surface area contributed by atoms with Crippen LogP contribution in [0.5, 0.6) is 0 Å². The SMILES string of the molecule is CC1=C(OC(=O)c2ccc3c(c2)CC(=O)OC3=O)C(C)=C(C)C(OC(=O)c2ccc3c(c2)C(=O)OC3=O)C1. The minimum Gasteiger partial charge on any atom is -0.454 e. The van der Waals surface area contributed by atoms with Gasteiger partial charge in [0.25, 0.3) is 0 Å². The predicted octanol–water partition coefficient (Wildman–Crippen LogP) is 3.63. The van der Waals surface area contributed by atoms with Crippen molar-refractivity contribution >= 4 is 35.8 Å². The zero-order chi connectivity index (χ0) is 27.3. The van der Waals surface area contributed by atoms with Crippen molar-refractivity contribution in [2.24, 2.45) is 0 Å². The lowest BCUT2D eigenvalue weighted by atomic mass is 9.90. The van der Waals surface area contributed by atoms with E-state index in [9.17, 15) is 28.8 Å². The standard InChI is InChI=1S/C28H20O10/c1-12-8-21(35-24(30)16-5-7-19-20(10-16)28(34)38-27(19)33)13(2)14(3)23(12)37-25(31)15-4-6-18-17(9-15)11-22(29)36-26(18)32/h4-7,9-10,21H,8,11H2,1-3H3. The molecular formula is C28H20O10. The van der Waals surface area contributed by atoms with Crippen molar-refractivity contribution in [1.29, 1.82) is 0 Å². The van der Waals surface area contributed by atoms with Crippen LogP contribution in [0.15, 0.2) is 58.9 Å². The third kappa shape index (κ3) is 4.30. The highest BCUT2D eigenvalue weighted by atomic mass is 16.6. The Labute approximate surface area is 215 Å². The molecule has 0 N–H and O–H groups in total. The Morgan fingerprint density at radius 1 is 0.789 bits per heavy atom. The maximum absolute atomic E-state index is 12.9. The molecule has 10 heteroatoms. The summed E-state index contributed by atoms with van der Waals surface area (Å²) in [5, 5.41) is 0. The zero-order valence-electron chi connectivity index (χ0n) is 20.5. The molecule has 0 aromatic heterocycles. The Balaban J connectivity index is 1.31. The number of rotatable bonds is 4. The van der Waals surface area contributed by atoms with Crippen molar-refractivity contribution < 1.29 is 47.7 Å². The first-order chi connectivity index (χ1) is 18.0. The number of hydrogen-bond acceptors (Lipinski definition) is 10. The first-order valence-corrected chi connectivity index (χ1v) is 11.6. The summed E-state index contributed by atoms with van der Waals surface area (Å²) in [6.45, 7) is 5.24. The quantitative estimate of drug-likeness (QED) is 0.336. The van der Waals surface area contributed by atoms with Gasteiger partial charge < -0.3 is 18.9 Å². The molecule has 38 heavy (non-hydrogen) atoms. The van der Waals surface area contributed by atoms with E-state index in [0.717, 1.165) is 0 Å². The average molecular weight is 516 g/mol. The topological polar surface area (TPSA) is 139 Å². The molecule has 2 aromatic carbocycles. The minimum atomic E-state index is -0.820. The summed E-state index contributed by atoms with van der Waals surface area (Å²) in [5.41, 5.74) is 2.90. The van der Waals surface area contributed by atoms with Crippen LogP contribution >= 0.6 is 0 Å². The van der Waals surface area contributed by atoms with E-state index >= 15 is 0 Å². The summed E-state index contributed by atoms with van der Waals surface area (Å²) < 4.78 is 20.5. The van der Waals surface area contributed by atoms with E-state index in [1.54, 1.807) is 20.8 Å². The minimum absolute atomic E-state index is 0.00486. The number of benzene rings is 2. The zero-order valence-corrected chi connectivity index (χ0v) is 20.5. The number of fused-ring (bicyclic) bond motifs is 2. The number of cyclic esters (lactones) is 4. The van der Waals surface area contributed by atoms with Crippen molar-refractivity contribution in [1.82, 2.24) is 0 Å². The number of carbonyl (C=O) groups excluding carboxylic acids is 6. The molecule has 1 unspecified atom stereocenters. The number of esters is 6. The molecule has 2 heterocycles. The summed E-state index contributed by atoms with van der Waals surface area (Å²) in [5.74, 6) is -4.05. The van der Waals surface area contributed by atoms with E-state index in [0.29, 0.717) is 28.0 Å². The third-order valence-electron chi connectivity index (χ3n) is 6.72. The highest BCUT2D eigenvalue weighted by molar-refractivity contribution is 6.15. The van der Waals surface area contributed by atoms with Crippen LogP contribution in [0.25, 0.3) is 0 Å². The Hall–Kier alpha value is -4.86. The van der Waals surface area contributed by atoms with Crippen molar-refractivity contribution in [3.8, 4) is 0 Å². The molecule has 0 spiro atoms. The summed E-state index contributed by atoms with van der Waals surface area (Å²) in [7, 11) is 0. The molecule has 3 aliphatic rings. The Morgan fingerprint density at radius 2 is 1.42 bits per heavy atom. The van der Waals surface area contributed by atoms with Gasteiger partial charge in [-0.05, 0) is 79.5 Å². The molecule has 0 fully saturated rings. The van der Waals surface area contributed by atoms with Gasteiger partial charge >= 0.3 is 35.8 Å². The number of allylic oxidation sites excluding steroid dienone is 1. The lowest BCUT2D eigenvalue weighted by Gasteiger charge is -2.28. The molecule has 0 saturated carbocycles. The third-order valence-corrected chi connectivity index (χ3v) is 6.72. The summed E-state index contributed by atoms with van der Waals surface area (Å²) in [4.78, 5) is 72.6. The maximum Gasteiger partial charge on any atom is 0.346 e. The van der Waals surface area contributed by atoms with Crippen LogP contribution in [0.3, 0.4) is 0 Å². The molecule has 0 amide bonds. The predicted molar refractivity (Wildman–Crippen MR) is 127 cm³/mol. The monoisotopic (exact) mass is 516 g/mol. The largest absolute Gasteiger partial charge is 0.454 e. The fraction of sp³-hybridized carbons (Fsp3) is 0.214. The van der Waals surface area contributed by atoms with E-state index in [2.05, 4.69) is 9.47 Å². The fourth-order valence-corrected chi connectivity index (χ4v) is 4.54. The van der Waals surface area contributed by atoms with Gasteiger partial charge in [-0.1, -0.05) is 0 Å². The first kappa shape index (κ1) is 24.8. The molecule has 0 saturated heterocycles. The second-order valence-corrected chi connectivity index (χ2v) is 9.15. The molecule has 0 radical (unpaired) electrons. The van der Waals surface area contributed by atoms with E-state index < -0.39 is 41.9 Å². The van der Waals surface area contributed by atoms with Gasteiger partial charge in [-0.2, -0.15) is 0 Å². The molecular weight excluding hydrogens is 496 g/mol. The van der Waals surface area contributed by atoms with Gasteiger partial charge in [0.2, 0.25) is 0 Å². The molecule has 10 nitrogen and oxygen atoms in total. The van der Waals surface area contributed by atoms with Gasteiger partial charge in [-0.15, -0.1) is 0 Å². The fourth-order valence-electron chi connectivity index (χ4n) is 4.54. The van der Waals surface area contributed by atoms with E-state index in [1.807, 2.05) is 0 Å². The molecule has 1 atom stereocenters. The van der Waals surface area contributed by atoms with Crippen molar-refractivity contribution in [2.45, 2.75) is 39.7 Å². The summed E-state index contributed by atoms with van der Waals surface area (Å²) in [6.07, 6.45) is -0.517. The highest BCUT2D eigenvalue weighted by Crippen LogP contribution is 2.34. The van der Waals surface area contributed by atoms with Crippen LogP contribution in [0, 0.1) is 0 Å². The first-order valence-electron chi connectivity index (χ1n) is 11.6. The number of hydrogen-bond donors (Lipinski definition) is 0. The summed E-state index contributed by atoms with van der Waals surface area (Å²) in [6, 6.07) is 8.27. The molecule has 1 aliphatic carbocycles. The van der Waals surface area contributed by atoms with Gasteiger partial charge in [-0.3, -0.25) is 4.79 Å². The highest BCUT2D eigenvalue weighted by Gasteiger charge is 2.33. The lowest BCUT2D eigenvalue weighted by Crippen LogP contribution is -2.26. The maximum atomic E-state index is 12.9. The molecule has 2 aromatic rings. The Kier molecular flexibility index (Phi) is 6.02. The van der Waals surface area contributed by atoms with Crippen molar-refractivity contribution in [2.75, 3.05) is 0 Å². The smallest absolute Gasteiger partial charge is 0.346 e. The van der Waals surface area contributed by atoms with Gasteiger partial charge in [0.1, 0.15) is 11.9 Å². The van der Waals surface area contributed by atoms with E-state index in [1.165, 1.54) is 36.4 Å². The lowest BCUT2D eigenvalue weighted by molar-refractivity contribution is -0.137.